The molecule has 0 unspecified atom stereocenters. The van der Waals surface area contributed by atoms with Crippen LogP contribution in [0.2, 0.25) is 0 Å². The second-order valence-corrected chi connectivity index (χ2v) is 2.32. The van der Waals surface area contributed by atoms with Gasteiger partial charge in [0.25, 0.3) is 0 Å². The highest BCUT2D eigenvalue weighted by Gasteiger charge is 2.07. The van der Waals surface area contributed by atoms with E-state index < -0.39 is 0 Å². The van der Waals surface area contributed by atoms with Crippen LogP contribution in [0.15, 0.2) is 18.3 Å². The number of aromatic nitrogens is 1. The first-order valence-electron chi connectivity index (χ1n) is 3.55. The van der Waals surface area contributed by atoms with Crippen LogP contribution >= 0.6 is 0 Å². The number of rotatable bonds is 3. The maximum atomic E-state index is 5.48. The largest absolute Gasteiger partial charge is 0.384 e. The second-order valence-electron chi connectivity index (χ2n) is 2.32. The lowest BCUT2D eigenvalue weighted by atomic mass is 10.2. The van der Waals surface area contributed by atoms with Gasteiger partial charge in [0.05, 0.1) is 0 Å². The Kier molecular flexibility index (Phi) is 3.01. The number of ether oxygens (including phenoxy) is 2. The van der Waals surface area contributed by atoms with Gasteiger partial charge in [-0.1, -0.05) is 0 Å². The number of nitrogen functional groups attached to an aromatic ring is 1. The lowest BCUT2D eigenvalue weighted by Crippen LogP contribution is -2.04. The molecule has 0 aliphatic rings. The van der Waals surface area contributed by atoms with Gasteiger partial charge in [-0.2, -0.15) is 0 Å². The van der Waals surface area contributed by atoms with Gasteiger partial charge in [0.15, 0.2) is 6.29 Å². The van der Waals surface area contributed by atoms with E-state index in [2.05, 4.69) is 4.98 Å². The molecule has 0 saturated carbocycles. The number of pyridine rings is 1. The van der Waals surface area contributed by atoms with Crippen molar-refractivity contribution in [2.75, 3.05) is 20.0 Å². The van der Waals surface area contributed by atoms with Crippen molar-refractivity contribution in [3.05, 3.63) is 23.9 Å². The predicted molar refractivity (Wildman–Crippen MR) is 45.4 cm³/mol. The van der Waals surface area contributed by atoms with E-state index in [4.69, 9.17) is 15.2 Å². The van der Waals surface area contributed by atoms with E-state index in [1.165, 1.54) is 0 Å². The Hall–Kier alpha value is -1.13. The fraction of sp³-hybridized carbons (Fsp3) is 0.375. The molecule has 4 heteroatoms. The number of nitrogens with zero attached hydrogens (tertiary/aromatic N) is 1. The molecule has 1 aromatic heterocycles. The summed E-state index contributed by atoms with van der Waals surface area (Å²) in [6.07, 6.45) is 1.26. The molecule has 66 valence electrons. The van der Waals surface area contributed by atoms with Crippen LogP contribution in [-0.2, 0) is 9.47 Å². The highest BCUT2D eigenvalue weighted by Crippen LogP contribution is 2.17. The molecule has 0 bridgehead atoms. The molecule has 4 nitrogen and oxygen atoms in total. The average Bonchev–Trinajstić information content (AvgIpc) is 2.07. The summed E-state index contributed by atoms with van der Waals surface area (Å²) in [5.41, 5.74) is 6.35. The summed E-state index contributed by atoms with van der Waals surface area (Å²) in [4.78, 5) is 3.86. The van der Waals surface area contributed by atoms with Crippen molar-refractivity contribution in [1.29, 1.82) is 0 Å². The molecule has 0 aliphatic carbocycles. The third-order valence-electron chi connectivity index (χ3n) is 1.51. The molecule has 0 spiro atoms. The van der Waals surface area contributed by atoms with Gasteiger partial charge in [-0.3, -0.25) is 0 Å². The Morgan fingerprint density at radius 2 is 2.08 bits per heavy atom. The van der Waals surface area contributed by atoms with Gasteiger partial charge < -0.3 is 15.2 Å². The predicted octanol–water partition coefficient (Wildman–Crippen LogP) is 0.955. The monoisotopic (exact) mass is 168 g/mol. The van der Waals surface area contributed by atoms with Gasteiger partial charge in [-0.05, 0) is 12.1 Å². The minimum Gasteiger partial charge on any atom is -0.384 e. The van der Waals surface area contributed by atoms with Crippen LogP contribution in [0.25, 0.3) is 0 Å². The highest BCUT2D eigenvalue weighted by molar-refractivity contribution is 5.32. The minimum absolute atomic E-state index is 0.365. The normalized spacial score (nSPS) is 10.6. The van der Waals surface area contributed by atoms with Gasteiger partial charge in [0.2, 0.25) is 0 Å². The van der Waals surface area contributed by atoms with Crippen molar-refractivity contribution in [1.82, 2.24) is 4.98 Å². The van der Waals surface area contributed by atoms with E-state index in [1.807, 2.05) is 0 Å². The summed E-state index contributed by atoms with van der Waals surface area (Å²) < 4.78 is 10.1. The molecule has 1 aromatic rings. The first-order chi connectivity index (χ1) is 5.77. The van der Waals surface area contributed by atoms with E-state index >= 15 is 0 Å². The van der Waals surface area contributed by atoms with Crippen molar-refractivity contribution in [2.24, 2.45) is 0 Å². The Morgan fingerprint density at radius 3 is 2.58 bits per heavy atom. The lowest BCUT2D eigenvalue weighted by molar-refractivity contribution is -0.106. The second kappa shape index (κ2) is 4.04. The number of anilines is 1. The number of methoxy groups -OCH3 is 2. The van der Waals surface area contributed by atoms with E-state index in [9.17, 15) is 0 Å². The molecule has 1 rings (SSSR count). The quantitative estimate of drug-likeness (QED) is 0.683. The first kappa shape index (κ1) is 8.96. The van der Waals surface area contributed by atoms with Crippen LogP contribution < -0.4 is 5.73 Å². The van der Waals surface area contributed by atoms with Gasteiger partial charge in [0, 0.05) is 26.0 Å². The molecule has 0 radical (unpaired) electrons. The summed E-state index contributed by atoms with van der Waals surface area (Å²) in [7, 11) is 3.15. The standard InChI is InChI=1S/C8H12N2O2/c1-11-8(12-2)6-3-4-10-7(9)5-6/h3-5,8H,1-2H3,(H2,9,10). The third-order valence-corrected chi connectivity index (χ3v) is 1.51. The summed E-state index contributed by atoms with van der Waals surface area (Å²) >= 11 is 0. The number of hydrogen-bond acceptors (Lipinski definition) is 4. The molecular formula is C8H12N2O2. The zero-order valence-electron chi connectivity index (χ0n) is 7.15. The maximum Gasteiger partial charge on any atom is 0.183 e. The van der Waals surface area contributed by atoms with Crippen LogP contribution in [-0.4, -0.2) is 19.2 Å². The molecule has 0 atom stereocenters. The Labute approximate surface area is 71.3 Å². The lowest BCUT2D eigenvalue weighted by Gasteiger charge is -2.13. The zero-order chi connectivity index (χ0) is 8.97. The van der Waals surface area contributed by atoms with E-state index in [1.54, 1.807) is 32.5 Å². The SMILES string of the molecule is COC(OC)c1ccnc(N)c1. The van der Waals surface area contributed by atoms with Gasteiger partial charge in [-0.15, -0.1) is 0 Å². The summed E-state index contributed by atoms with van der Waals surface area (Å²) in [6, 6.07) is 3.52. The number of hydrogen-bond donors (Lipinski definition) is 1. The van der Waals surface area contributed by atoms with Crippen LogP contribution in [0.4, 0.5) is 5.82 Å². The maximum absolute atomic E-state index is 5.48. The molecule has 12 heavy (non-hydrogen) atoms. The van der Waals surface area contributed by atoms with Crippen LogP contribution in [0.5, 0.6) is 0 Å². The van der Waals surface area contributed by atoms with Gasteiger partial charge in [0.1, 0.15) is 5.82 Å². The average molecular weight is 168 g/mol. The van der Waals surface area contributed by atoms with Crippen molar-refractivity contribution in [2.45, 2.75) is 6.29 Å². The molecule has 2 N–H and O–H groups in total. The summed E-state index contributed by atoms with van der Waals surface area (Å²) in [5.74, 6) is 0.464. The molecule has 0 fully saturated rings. The third kappa shape index (κ3) is 1.93. The summed E-state index contributed by atoms with van der Waals surface area (Å²) in [5, 5.41) is 0. The van der Waals surface area contributed by atoms with Crippen LogP contribution in [0.3, 0.4) is 0 Å². The van der Waals surface area contributed by atoms with Gasteiger partial charge in [-0.25, -0.2) is 4.98 Å². The Bertz CT molecular complexity index is 249. The minimum atomic E-state index is -0.365. The molecule has 0 aromatic carbocycles. The molecule has 0 aliphatic heterocycles. The van der Waals surface area contributed by atoms with E-state index in [0.717, 1.165) is 5.56 Å². The van der Waals surface area contributed by atoms with Crippen molar-refractivity contribution >= 4 is 5.82 Å². The smallest absolute Gasteiger partial charge is 0.183 e. The van der Waals surface area contributed by atoms with Gasteiger partial charge >= 0.3 is 0 Å². The Morgan fingerprint density at radius 1 is 1.42 bits per heavy atom. The topological polar surface area (TPSA) is 57.4 Å². The fourth-order valence-corrected chi connectivity index (χ4v) is 0.981. The number of nitrogens with two attached hydrogens (primary N) is 1. The van der Waals surface area contributed by atoms with Crippen molar-refractivity contribution < 1.29 is 9.47 Å². The molecular weight excluding hydrogens is 156 g/mol. The molecule has 1 heterocycles. The van der Waals surface area contributed by atoms with Crippen molar-refractivity contribution in [3.8, 4) is 0 Å². The first-order valence-corrected chi connectivity index (χ1v) is 3.55. The molecule has 0 saturated heterocycles. The van der Waals surface area contributed by atoms with E-state index in [-0.39, 0.29) is 6.29 Å². The van der Waals surface area contributed by atoms with Crippen LogP contribution in [0, 0.1) is 0 Å². The highest BCUT2D eigenvalue weighted by atomic mass is 16.7. The Balaban J connectivity index is 2.85. The van der Waals surface area contributed by atoms with E-state index in [0.29, 0.717) is 5.82 Å². The van der Waals surface area contributed by atoms with Crippen LogP contribution in [0.1, 0.15) is 11.9 Å². The summed E-state index contributed by atoms with van der Waals surface area (Å²) in [6.45, 7) is 0. The zero-order valence-corrected chi connectivity index (χ0v) is 7.15. The van der Waals surface area contributed by atoms with Crippen molar-refractivity contribution in [3.63, 3.8) is 0 Å². The molecule has 0 amide bonds. The fourth-order valence-electron chi connectivity index (χ4n) is 0.981.